The molecule has 0 fully saturated rings. The highest BCUT2D eigenvalue weighted by Gasteiger charge is 2.14. The number of rotatable bonds is 4. The average molecular weight is 313 g/mol. The molecule has 0 aliphatic carbocycles. The molecule has 22 heavy (non-hydrogen) atoms. The van der Waals surface area contributed by atoms with Crippen molar-refractivity contribution in [1.82, 2.24) is 25.0 Å². The van der Waals surface area contributed by atoms with Crippen LogP contribution >= 0.6 is 11.6 Å². The number of anilines is 1. The van der Waals surface area contributed by atoms with Crippen molar-refractivity contribution in [2.24, 2.45) is 0 Å². The van der Waals surface area contributed by atoms with Crippen LogP contribution in [0.2, 0.25) is 5.02 Å². The van der Waals surface area contributed by atoms with Crippen molar-refractivity contribution in [2.75, 3.05) is 11.9 Å². The van der Waals surface area contributed by atoms with E-state index < -0.39 is 0 Å². The minimum Gasteiger partial charge on any atom is -0.357 e. The number of hydrogen-bond acceptors (Lipinski definition) is 5. The topological polar surface area (TPSA) is 68.5 Å². The third-order valence-corrected chi connectivity index (χ3v) is 3.48. The summed E-state index contributed by atoms with van der Waals surface area (Å²) in [6.07, 6.45) is 5.27. The molecule has 6 nitrogen and oxygen atoms in total. The molecule has 3 rings (SSSR count). The minimum atomic E-state index is 0.364. The SMILES string of the molecule is C#CCNc1nc(C)nc2c1nnn2Cc1ccccc1Cl. The Hall–Kier alpha value is -2.65. The van der Waals surface area contributed by atoms with Crippen LogP contribution in [0.4, 0.5) is 5.82 Å². The van der Waals surface area contributed by atoms with Crippen LogP contribution in [0.15, 0.2) is 24.3 Å². The zero-order chi connectivity index (χ0) is 15.5. The Labute approximate surface area is 132 Å². The molecule has 0 saturated carbocycles. The van der Waals surface area contributed by atoms with Crippen LogP contribution in [-0.4, -0.2) is 31.5 Å². The highest BCUT2D eigenvalue weighted by Crippen LogP contribution is 2.20. The molecule has 2 aromatic heterocycles. The highest BCUT2D eigenvalue weighted by atomic mass is 35.5. The molecule has 0 amide bonds. The monoisotopic (exact) mass is 312 g/mol. The van der Waals surface area contributed by atoms with Crippen LogP contribution < -0.4 is 5.32 Å². The summed E-state index contributed by atoms with van der Waals surface area (Å²) in [5.41, 5.74) is 2.19. The van der Waals surface area contributed by atoms with E-state index in [0.717, 1.165) is 5.56 Å². The second kappa shape index (κ2) is 6.00. The van der Waals surface area contributed by atoms with E-state index in [-0.39, 0.29) is 0 Å². The normalized spacial score (nSPS) is 10.6. The van der Waals surface area contributed by atoms with Gasteiger partial charge < -0.3 is 5.32 Å². The first-order valence-corrected chi connectivity index (χ1v) is 7.05. The van der Waals surface area contributed by atoms with Gasteiger partial charge in [-0.1, -0.05) is 40.9 Å². The summed E-state index contributed by atoms with van der Waals surface area (Å²) in [5.74, 6) is 3.72. The van der Waals surface area contributed by atoms with Crippen molar-refractivity contribution in [1.29, 1.82) is 0 Å². The molecule has 0 unspecified atom stereocenters. The van der Waals surface area contributed by atoms with Crippen molar-refractivity contribution in [3.8, 4) is 12.3 Å². The van der Waals surface area contributed by atoms with Crippen LogP contribution in [0.3, 0.4) is 0 Å². The fourth-order valence-corrected chi connectivity index (χ4v) is 2.31. The number of nitrogens with one attached hydrogen (secondary N) is 1. The Morgan fingerprint density at radius 1 is 1.32 bits per heavy atom. The van der Waals surface area contributed by atoms with E-state index in [1.54, 1.807) is 4.68 Å². The zero-order valence-corrected chi connectivity index (χ0v) is 12.7. The molecule has 110 valence electrons. The van der Waals surface area contributed by atoms with Crippen molar-refractivity contribution in [2.45, 2.75) is 13.5 Å². The van der Waals surface area contributed by atoms with E-state index in [9.17, 15) is 0 Å². The minimum absolute atomic E-state index is 0.364. The van der Waals surface area contributed by atoms with Crippen molar-refractivity contribution >= 4 is 28.6 Å². The van der Waals surface area contributed by atoms with Gasteiger partial charge in [0.1, 0.15) is 5.82 Å². The number of benzene rings is 1. The maximum atomic E-state index is 6.19. The predicted molar refractivity (Wildman–Crippen MR) is 85.7 cm³/mol. The van der Waals surface area contributed by atoms with Crippen LogP contribution in [-0.2, 0) is 6.54 Å². The van der Waals surface area contributed by atoms with Crippen molar-refractivity contribution in [3.05, 3.63) is 40.7 Å². The van der Waals surface area contributed by atoms with Crippen LogP contribution in [0, 0.1) is 19.3 Å². The van der Waals surface area contributed by atoms with Gasteiger partial charge in [-0.25, -0.2) is 14.6 Å². The van der Waals surface area contributed by atoms with Crippen LogP contribution in [0.1, 0.15) is 11.4 Å². The van der Waals surface area contributed by atoms with E-state index in [0.29, 0.717) is 40.9 Å². The van der Waals surface area contributed by atoms with Crippen molar-refractivity contribution < 1.29 is 0 Å². The van der Waals surface area contributed by atoms with Gasteiger partial charge in [0.2, 0.25) is 0 Å². The summed E-state index contributed by atoms with van der Waals surface area (Å²) in [4.78, 5) is 8.74. The molecule has 2 heterocycles. The third-order valence-electron chi connectivity index (χ3n) is 3.11. The molecule has 0 aliphatic rings. The van der Waals surface area contributed by atoms with E-state index in [1.165, 1.54) is 0 Å². The average Bonchev–Trinajstić information content (AvgIpc) is 2.90. The van der Waals surface area contributed by atoms with Gasteiger partial charge >= 0.3 is 0 Å². The van der Waals surface area contributed by atoms with Gasteiger partial charge in [0.05, 0.1) is 13.1 Å². The summed E-state index contributed by atoms with van der Waals surface area (Å²) in [6, 6.07) is 7.61. The first kappa shape index (κ1) is 14.3. The number of terminal acetylenes is 1. The molecule has 0 bridgehead atoms. The molecule has 1 N–H and O–H groups in total. The molecule has 0 aliphatic heterocycles. The highest BCUT2D eigenvalue weighted by molar-refractivity contribution is 6.31. The van der Waals surface area contributed by atoms with E-state index >= 15 is 0 Å². The summed E-state index contributed by atoms with van der Waals surface area (Å²) < 4.78 is 1.70. The Bertz CT molecular complexity index is 864. The second-order valence-electron chi connectivity index (χ2n) is 4.69. The van der Waals surface area contributed by atoms with Gasteiger partial charge in [-0.2, -0.15) is 0 Å². The Morgan fingerprint density at radius 3 is 2.91 bits per heavy atom. The molecule has 0 saturated heterocycles. The van der Waals surface area contributed by atoms with Gasteiger partial charge in [-0.15, -0.1) is 11.5 Å². The zero-order valence-electron chi connectivity index (χ0n) is 11.9. The molecule has 0 atom stereocenters. The predicted octanol–water partition coefficient (Wildman–Crippen LogP) is 2.28. The molecule has 7 heteroatoms. The maximum absolute atomic E-state index is 6.19. The lowest BCUT2D eigenvalue weighted by atomic mass is 10.2. The fourth-order valence-electron chi connectivity index (χ4n) is 2.12. The van der Waals surface area contributed by atoms with E-state index in [1.807, 2.05) is 31.2 Å². The smallest absolute Gasteiger partial charge is 0.184 e. The Morgan fingerprint density at radius 2 is 2.14 bits per heavy atom. The van der Waals surface area contributed by atoms with Gasteiger partial charge in [0, 0.05) is 5.02 Å². The van der Waals surface area contributed by atoms with Gasteiger partial charge in [0.25, 0.3) is 0 Å². The van der Waals surface area contributed by atoms with Gasteiger partial charge in [-0.05, 0) is 18.6 Å². The van der Waals surface area contributed by atoms with E-state index in [2.05, 4.69) is 31.5 Å². The van der Waals surface area contributed by atoms with Gasteiger partial charge in [0.15, 0.2) is 17.0 Å². The lowest BCUT2D eigenvalue weighted by molar-refractivity contribution is 0.663. The quantitative estimate of drug-likeness (QED) is 0.749. The number of hydrogen-bond donors (Lipinski definition) is 1. The largest absolute Gasteiger partial charge is 0.357 e. The summed E-state index contributed by atoms with van der Waals surface area (Å²) in [6.45, 7) is 2.66. The van der Waals surface area contributed by atoms with E-state index in [4.69, 9.17) is 18.0 Å². The molecule has 0 spiro atoms. The summed E-state index contributed by atoms with van der Waals surface area (Å²) >= 11 is 6.19. The Kier molecular flexibility index (Phi) is 3.90. The van der Waals surface area contributed by atoms with Crippen molar-refractivity contribution in [3.63, 3.8) is 0 Å². The molecule has 0 radical (unpaired) electrons. The summed E-state index contributed by atoms with van der Waals surface area (Å²) in [5, 5.41) is 12.0. The molecular formula is C15H13ClN6. The molecular weight excluding hydrogens is 300 g/mol. The summed E-state index contributed by atoms with van der Waals surface area (Å²) in [7, 11) is 0. The van der Waals surface area contributed by atoms with Gasteiger partial charge in [-0.3, -0.25) is 0 Å². The number of aryl methyl sites for hydroxylation is 1. The second-order valence-corrected chi connectivity index (χ2v) is 5.10. The maximum Gasteiger partial charge on any atom is 0.184 e. The number of fused-ring (bicyclic) bond motifs is 1. The lowest BCUT2D eigenvalue weighted by Gasteiger charge is -2.06. The van der Waals surface area contributed by atoms with Crippen LogP contribution in [0.5, 0.6) is 0 Å². The van der Waals surface area contributed by atoms with Crippen LogP contribution in [0.25, 0.3) is 11.2 Å². The Balaban J connectivity index is 2.03. The fraction of sp³-hybridized carbons (Fsp3) is 0.200. The lowest BCUT2D eigenvalue weighted by Crippen LogP contribution is -2.06. The number of aromatic nitrogens is 5. The standard InChI is InChI=1S/C15H13ClN6/c1-3-8-17-14-13-15(19-10(2)18-14)22(21-20-13)9-11-6-4-5-7-12(11)16/h1,4-7H,8-9H2,2H3,(H,17,18,19). The number of nitrogens with zero attached hydrogens (tertiary/aromatic N) is 5. The third kappa shape index (κ3) is 2.71. The molecule has 1 aromatic carbocycles. The first-order valence-electron chi connectivity index (χ1n) is 6.67. The number of halogens is 1. The first-order chi connectivity index (χ1) is 10.7. The molecule has 3 aromatic rings.